The number of H-pyrrole nitrogens is 1. The van der Waals surface area contributed by atoms with Gasteiger partial charge in [-0.1, -0.05) is 85.4 Å². The summed E-state index contributed by atoms with van der Waals surface area (Å²) in [6.45, 7) is 2.46. The molecule has 0 saturated carbocycles. The number of hydrogen-bond donors (Lipinski definition) is 4. The number of aromatic amines is 1. The van der Waals surface area contributed by atoms with Crippen molar-refractivity contribution >= 4 is 23.5 Å². The predicted molar refractivity (Wildman–Crippen MR) is 175 cm³/mol. The summed E-state index contributed by atoms with van der Waals surface area (Å²) >= 11 is 1.56. The lowest BCUT2D eigenvalue weighted by atomic mass is 9.91. The van der Waals surface area contributed by atoms with Crippen LogP contribution in [0, 0.1) is 5.92 Å². The number of aromatic nitrogens is 3. The zero-order valence-corrected chi connectivity index (χ0v) is 26.0. The fraction of sp³-hybridized carbons (Fsp3) is 0.229. The highest BCUT2D eigenvalue weighted by molar-refractivity contribution is 7.99. The molecule has 6 rings (SSSR count). The first-order chi connectivity index (χ1) is 22.5. The first-order valence-electron chi connectivity index (χ1n) is 15.0. The number of thioether (sulfide) groups is 1. The van der Waals surface area contributed by atoms with Gasteiger partial charge >= 0.3 is 6.03 Å². The van der Waals surface area contributed by atoms with Crippen LogP contribution in [0.3, 0.4) is 0 Å². The van der Waals surface area contributed by atoms with E-state index in [1.807, 2.05) is 91.0 Å². The topological polar surface area (TPSA) is 131 Å². The second kappa shape index (κ2) is 15.1. The third-order valence-corrected chi connectivity index (χ3v) is 8.66. The Kier molecular flexibility index (Phi) is 10.3. The van der Waals surface area contributed by atoms with Gasteiger partial charge in [-0.15, -0.1) is 0 Å². The number of nitrogens with zero attached hydrogens (tertiary/aromatic N) is 2. The van der Waals surface area contributed by atoms with Gasteiger partial charge in [0.05, 0.1) is 18.8 Å². The van der Waals surface area contributed by atoms with Gasteiger partial charge in [0.2, 0.25) is 0 Å². The molecule has 0 bridgehead atoms. The zero-order chi connectivity index (χ0) is 31.7. The molecule has 0 spiro atoms. The van der Waals surface area contributed by atoms with Crippen molar-refractivity contribution < 1.29 is 24.1 Å². The molecule has 4 atom stereocenters. The minimum atomic E-state index is -0.585. The number of para-hydroxylation sites is 1. The molecule has 46 heavy (non-hydrogen) atoms. The Labute approximate surface area is 271 Å². The second-order valence-corrected chi connectivity index (χ2v) is 11.9. The molecule has 0 aliphatic carbocycles. The number of ether oxygens (including phenoxy) is 3. The number of carbonyl (C=O) groups excluding carboxylic acids is 1. The Morgan fingerprint density at radius 3 is 2.28 bits per heavy atom. The van der Waals surface area contributed by atoms with Gasteiger partial charge in [0.1, 0.15) is 17.8 Å². The Bertz CT molecular complexity index is 1670. The van der Waals surface area contributed by atoms with Crippen LogP contribution in [0.25, 0.3) is 0 Å². The summed E-state index contributed by atoms with van der Waals surface area (Å²) in [5.41, 5.74) is 4.35. The maximum atomic E-state index is 12.6. The van der Waals surface area contributed by atoms with Crippen LogP contribution < -0.4 is 15.4 Å². The van der Waals surface area contributed by atoms with Crippen molar-refractivity contribution in [1.29, 1.82) is 0 Å². The molecule has 11 heteroatoms. The fourth-order valence-corrected chi connectivity index (χ4v) is 6.06. The highest BCUT2D eigenvalue weighted by Gasteiger charge is 2.38. The SMILES string of the molecule is C[C@@H]1[C@H](CSc2ncn[nH]2)O[C@H](c2ccc(CNC(=O)Nc3ccc(Oc4ccccc4)cc3)cc2)O[C@@H]1c1ccc(CO)cc1. The van der Waals surface area contributed by atoms with Gasteiger partial charge in [-0.3, -0.25) is 5.10 Å². The van der Waals surface area contributed by atoms with E-state index < -0.39 is 6.29 Å². The zero-order valence-electron chi connectivity index (χ0n) is 25.2. The van der Waals surface area contributed by atoms with E-state index >= 15 is 0 Å². The molecule has 4 N–H and O–H groups in total. The standard InChI is InChI=1S/C35H35N5O5S/c1-23-31(21-46-35-37-22-38-40-35)44-33(45-32(23)26-11-9-25(20-41)10-12-26)27-13-7-24(8-14-27)19-36-34(42)39-28-15-17-30(18-16-28)43-29-5-3-2-4-6-29/h2-18,22-23,31-33,41H,19-21H2,1H3,(H2,36,39,42)(H,37,38,40)/t23-,31+,32+,33+/m1/s1. The molecule has 10 nitrogen and oxygen atoms in total. The van der Waals surface area contributed by atoms with E-state index in [1.165, 1.54) is 6.33 Å². The number of aliphatic hydroxyl groups is 1. The van der Waals surface area contributed by atoms with E-state index in [-0.39, 0.29) is 30.8 Å². The van der Waals surface area contributed by atoms with Crippen molar-refractivity contribution in [1.82, 2.24) is 20.5 Å². The minimum Gasteiger partial charge on any atom is -0.457 e. The molecule has 236 valence electrons. The number of carbonyl (C=O) groups is 1. The Morgan fingerprint density at radius 1 is 0.891 bits per heavy atom. The maximum Gasteiger partial charge on any atom is 0.319 e. The van der Waals surface area contributed by atoms with Crippen molar-refractivity contribution in [2.75, 3.05) is 11.1 Å². The number of nitrogens with one attached hydrogen (secondary N) is 3. The maximum absolute atomic E-state index is 12.6. The Balaban J connectivity index is 1.06. The van der Waals surface area contributed by atoms with Crippen molar-refractivity contribution in [3.63, 3.8) is 0 Å². The molecule has 1 aliphatic rings. The van der Waals surface area contributed by atoms with E-state index in [2.05, 4.69) is 32.7 Å². The lowest BCUT2D eigenvalue weighted by Crippen LogP contribution is -2.38. The quantitative estimate of drug-likeness (QED) is 0.114. The molecule has 1 aliphatic heterocycles. The highest BCUT2D eigenvalue weighted by Crippen LogP contribution is 2.42. The van der Waals surface area contributed by atoms with Crippen molar-refractivity contribution in [3.05, 3.63) is 132 Å². The third-order valence-electron chi connectivity index (χ3n) is 7.70. The van der Waals surface area contributed by atoms with Crippen LogP contribution in [0.4, 0.5) is 10.5 Å². The molecular weight excluding hydrogens is 602 g/mol. The van der Waals surface area contributed by atoms with Crippen LogP contribution >= 0.6 is 11.8 Å². The molecule has 0 unspecified atom stereocenters. The minimum absolute atomic E-state index is 0.00980. The molecule has 1 saturated heterocycles. The van der Waals surface area contributed by atoms with Crippen LogP contribution in [0.15, 0.2) is 115 Å². The molecular formula is C35H35N5O5S. The average molecular weight is 638 g/mol. The van der Waals surface area contributed by atoms with Gasteiger partial charge in [-0.2, -0.15) is 5.10 Å². The molecule has 4 aromatic carbocycles. The lowest BCUT2D eigenvalue weighted by Gasteiger charge is -2.41. The van der Waals surface area contributed by atoms with E-state index in [1.54, 1.807) is 23.9 Å². The van der Waals surface area contributed by atoms with Crippen LogP contribution in [0.2, 0.25) is 0 Å². The molecule has 1 aromatic heterocycles. The largest absolute Gasteiger partial charge is 0.457 e. The van der Waals surface area contributed by atoms with Gasteiger partial charge in [0.25, 0.3) is 0 Å². The number of benzene rings is 4. The van der Waals surface area contributed by atoms with Gasteiger partial charge in [-0.25, -0.2) is 9.78 Å². The van der Waals surface area contributed by atoms with E-state index in [0.717, 1.165) is 33.2 Å². The number of aliphatic hydroxyl groups excluding tert-OH is 1. The van der Waals surface area contributed by atoms with Gasteiger partial charge in [0.15, 0.2) is 11.4 Å². The molecule has 2 amide bonds. The van der Waals surface area contributed by atoms with Crippen LogP contribution in [-0.2, 0) is 22.6 Å². The van der Waals surface area contributed by atoms with Crippen molar-refractivity contribution in [3.8, 4) is 11.5 Å². The van der Waals surface area contributed by atoms with Crippen molar-refractivity contribution in [2.45, 2.75) is 43.7 Å². The highest BCUT2D eigenvalue weighted by atomic mass is 32.2. The van der Waals surface area contributed by atoms with Gasteiger partial charge in [-0.05, 0) is 53.1 Å². The van der Waals surface area contributed by atoms with E-state index in [4.69, 9.17) is 14.2 Å². The molecule has 1 fully saturated rings. The summed E-state index contributed by atoms with van der Waals surface area (Å²) in [4.78, 5) is 16.8. The van der Waals surface area contributed by atoms with Crippen LogP contribution in [0.1, 0.15) is 41.6 Å². The number of anilines is 1. The Morgan fingerprint density at radius 2 is 1.59 bits per heavy atom. The summed E-state index contributed by atoms with van der Waals surface area (Å²) in [5, 5.41) is 22.8. The van der Waals surface area contributed by atoms with Crippen molar-refractivity contribution in [2.24, 2.45) is 5.92 Å². The smallest absolute Gasteiger partial charge is 0.319 e. The van der Waals surface area contributed by atoms with Gasteiger partial charge < -0.3 is 30.0 Å². The van der Waals surface area contributed by atoms with E-state index in [9.17, 15) is 9.90 Å². The summed E-state index contributed by atoms with van der Waals surface area (Å²) in [7, 11) is 0. The van der Waals surface area contributed by atoms with E-state index in [0.29, 0.717) is 23.7 Å². The first kappa shape index (κ1) is 31.3. The summed E-state index contributed by atoms with van der Waals surface area (Å²) in [6, 6.07) is 32.1. The summed E-state index contributed by atoms with van der Waals surface area (Å²) in [5.74, 6) is 2.16. The molecule has 0 radical (unpaired) electrons. The van der Waals surface area contributed by atoms with Crippen LogP contribution in [0.5, 0.6) is 11.5 Å². The predicted octanol–water partition coefficient (Wildman–Crippen LogP) is 6.99. The summed E-state index contributed by atoms with van der Waals surface area (Å²) in [6.07, 6.45) is 0.569. The Hall–Kier alpha value is -4.68. The monoisotopic (exact) mass is 637 g/mol. The van der Waals surface area contributed by atoms with Crippen LogP contribution in [-0.4, -0.2) is 38.2 Å². The third kappa shape index (κ3) is 8.12. The molecule has 5 aromatic rings. The first-order valence-corrected chi connectivity index (χ1v) is 16.0. The normalized spacial score (nSPS) is 19.3. The fourth-order valence-electron chi connectivity index (χ4n) is 5.12. The second-order valence-electron chi connectivity index (χ2n) is 10.9. The number of urea groups is 1. The number of hydrogen-bond acceptors (Lipinski definition) is 8. The lowest BCUT2D eigenvalue weighted by molar-refractivity contribution is -0.268. The summed E-state index contributed by atoms with van der Waals surface area (Å²) < 4.78 is 18.8. The number of rotatable bonds is 11. The molecule has 2 heterocycles. The average Bonchev–Trinajstić information content (AvgIpc) is 3.62. The number of amides is 2. The van der Waals surface area contributed by atoms with Gasteiger partial charge in [0, 0.05) is 29.5 Å².